The number of rotatable bonds is 13. The van der Waals surface area contributed by atoms with Gasteiger partial charge in [-0.25, -0.2) is 13.1 Å². The van der Waals surface area contributed by atoms with Crippen LogP contribution in [0.4, 0.5) is 19.2 Å². The molecule has 0 spiro atoms. The summed E-state index contributed by atoms with van der Waals surface area (Å²) in [4.78, 5) is 22.8. The molecule has 39 heavy (non-hydrogen) atoms. The number of anilines is 1. The Kier molecular flexibility index (Phi) is 10.2. The number of pyridine rings is 1. The maximum Gasteiger partial charge on any atom is 0.573 e. The van der Waals surface area contributed by atoms with Crippen LogP contribution in [0.25, 0.3) is 0 Å². The van der Waals surface area contributed by atoms with E-state index in [2.05, 4.69) is 14.7 Å². The Bertz CT molecular complexity index is 1350. The summed E-state index contributed by atoms with van der Waals surface area (Å²) in [5.74, 6) is -1.50. The lowest BCUT2D eigenvalue weighted by molar-refractivity contribution is -0.274. The third kappa shape index (κ3) is 9.71. The van der Waals surface area contributed by atoms with Crippen LogP contribution in [0.1, 0.15) is 33.9 Å². The first-order chi connectivity index (χ1) is 18.3. The molecular weight excluding hydrogens is 565 g/mol. The van der Waals surface area contributed by atoms with Gasteiger partial charge in [0.15, 0.2) is 5.69 Å². The number of aryl methyl sites for hydroxylation is 1. The van der Waals surface area contributed by atoms with Crippen molar-refractivity contribution in [2.45, 2.75) is 32.7 Å². The van der Waals surface area contributed by atoms with E-state index < -0.39 is 22.3 Å². The molecule has 0 saturated carbocycles. The quantitative estimate of drug-likeness (QED) is 0.291. The van der Waals surface area contributed by atoms with E-state index in [0.717, 1.165) is 0 Å². The first kappa shape index (κ1) is 30.2. The highest BCUT2D eigenvalue weighted by molar-refractivity contribution is 7.90. The molecule has 0 unspecified atom stereocenters. The number of halogens is 4. The highest BCUT2D eigenvalue weighted by Crippen LogP contribution is 2.24. The van der Waals surface area contributed by atoms with E-state index in [0.29, 0.717) is 22.7 Å². The second kappa shape index (κ2) is 13.1. The normalized spacial score (nSPS) is 11.8. The van der Waals surface area contributed by atoms with E-state index in [1.807, 2.05) is 4.72 Å². The van der Waals surface area contributed by atoms with Crippen molar-refractivity contribution in [2.75, 3.05) is 30.9 Å². The largest absolute Gasteiger partial charge is 0.573 e. The first-order valence-electron chi connectivity index (χ1n) is 11.6. The number of benzene rings is 1. The lowest BCUT2D eigenvalue weighted by Gasteiger charge is -2.20. The predicted octanol–water partition coefficient (Wildman–Crippen LogP) is 4.28. The van der Waals surface area contributed by atoms with E-state index in [1.165, 1.54) is 44.5 Å². The summed E-state index contributed by atoms with van der Waals surface area (Å²) in [6.07, 6.45) is -2.77. The van der Waals surface area contributed by atoms with Gasteiger partial charge in [-0.05, 0) is 49.6 Å². The number of methoxy groups -OCH3 is 1. The van der Waals surface area contributed by atoms with Crippen molar-refractivity contribution in [2.24, 2.45) is 0 Å². The highest BCUT2D eigenvalue weighted by Gasteiger charge is 2.31. The van der Waals surface area contributed by atoms with Crippen LogP contribution in [-0.4, -0.2) is 56.7 Å². The number of nitrogens with zero attached hydrogens (tertiary/aromatic N) is 3. The summed E-state index contributed by atoms with van der Waals surface area (Å²) in [6, 6.07) is 8.77. The monoisotopic (exact) mass is 590 g/mol. The minimum Gasteiger partial charge on any atom is -0.428 e. The molecule has 1 amide bonds. The van der Waals surface area contributed by atoms with Crippen molar-refractivity contribution in [3.05, 3.63) is 70.3 Å². The summed E-state index contributed by atoms with van der Waals surface area (Å²) in [6.45, 7) is 2.14. The van der Waals surface area contributed by atoms with Crippen LogP contribution < -0.4 is 14.4 Å². The molecule has 0 fully saturated rings. The fourth-order valence-corrected chi connectivity index (χ4v) is 4.51. The molecule has 0 aliphatic rings. The minimum atomic E-state index is -4.79. The Labute approximate surface area is 228 Å². The van der Waals surface area contributed by atoms with Gasteiger partial charge >= 0.3 is 6.36 Å². The number of alkyl halides is 3. The Morgan fingerprint density at radius 3 is 2.51 bits per heavy atom. The molecule has 2 aromatic heterocycles. The standard InChI is InChI=1S/C24H26ClF3N4O6S/c1-16-21(22(33)31-39(34,35)13-3-12-36-2)30-23(37-16)32(15-19-7-6-18(25)14-29-19)11-10-17-4-8-20(9-5-17)38-24(26,27)28/h4-9,14H,3,10-13,15H2,1-2H3,(H,31,33). The molecule has 0 aliphatic heterocycles. The number of ether oxygens (including phenoxy) is 2. The number of sulfonamides is 1. The summed E-state index contributed by atoms with van der Waals surface area (Å²) >= 11 is 5.92. The van der Waals surface area contributed by atoms with Gasteiger partial charge in [0.1, 0.15) is 11.5 Å². The Balaban J connectivity index is 1.78. The summed E-state index contributed by atoms with van der Waals surface area (Å²) in [5.41, 5.74) is 1.08. The Morgan fingerprint density at radius 1 is 1.18 bits per heavy atom. The number of amides is 1. The van der Waals surface area contributed by atoms with Crippen molar-refractivity contribution >= 4 is 33.5 Å². The van der Waals surface area contributed by atoms with Gasteiger partial charge in [-0.3, -0.25) is 9.78 Å². The van der Waals surface area contributed by atoms with E-state index in [1.54, 1.807) is 17.0 Å². The minimum absolute atomic E-state index is 0.0307. The van der Waals surface area contributed by atoms with Crippen LogP contribution in [0.2, 0.25) is 5.02 Å². The molecule has 0 atom stereocenters. The average Bonchev–Trinajstić information content (AvgIpc) is 3.24. The number of hydrogen-bond donors (Lipinski definition) is 1. The summed E-state index contributed by atoms with van der Waals surface area (Å²) in [5, 5.41) is 0.434. The highest BCUT2D eigenvalue weighted by atomic mass is 35.5. The van der Waals surface area contributed by atoms with Gasteiger partial charge in [0, 0.05) is 26.5 Å². The van der Waals surface area contributed by atoms with E-state index in [-0.39, 0.29) is 55.1 Å². The lowest BCUT2D eigenvalue weighted by Crippen LogP contribution is -2.33. The second-order valence-electron chi connectivity index (χ2n) is 8.33. The summed E-state index contributed by atoms with van der Waals surface area (Å²) < 4.78 is 78.2. The van der Waals surface area contributed by atoms with Gasteiger partial charge in [-0.1, -0.05) is 23.7 Å². The molecular formula is C24H26ClF3N4O6S. The number of carbonyl (C=O) groups excluding carboxylic acids is 1. The van der Waals surface area contributed by atoms with Gasteiger partial charge in [0.25, 0.3) is 11.9 Å². The Morgan fingerprint density at radius 2 is 1.90 bits per heavy atom. The van der Waals surface area contributed by atoms with Crippen molar-refractivity contribution in [3.8, 4) is 5.75 Å². The number of oxazole rings is 1. The molecule has 0 radical (unpaired) electrons. The zero-order valence-corrected chi connectivity index (χ0v) is 22.6. The molecule has 0 aliphatic carbocycles. The average molecular weight is 591 g/mol. The SMILES string of the molecule is COCCCS(=O)(=O)NC(=O)c1nc(N(CCc2ccc(OC(F)(F)F)cc2)Cc2ccc(Cl)cn2)oc1C. The van der Waals surface area contributed by atoms with Crippen LogP contribution in [-0.2, 0) is 27.7 Å². The Hall–Kier alpha value is -3.36. The molecule has 1 N–H and O–H groups in total. The van der Waals surface area contributed by atoms with Crippen molar-refractivity contribution in [1.82, 2.24) is 14.7 Å². The molecule has 1 aromatic carbocycles. The predicted molar refractivity (Wildman–Crippen MR) is 136 cm³/mol. The smallest absolute Gasteiger partial charge is 0.428 e. The van der Waals surface area contributed by atoms with Crippen LogP contribution >= 0.6 is 11.6 Å². The van der Waals surface area contributed by atoms with Crippen molar-refractivity contribution in [1.29, 1.82) is 0 Å². The molecule has 0 bridgehead atoms. The maximum absolute atomic E-state index is 12.7. The number of carbonyl (C=O) groups is 1. The number of nitrogens with one attached hydrogen (secondary N) is 1. The molecule has 0 saturated heterocycles. The van der Waals surface area contributed by atoms with E-state index in [4.69, 9.17) is 20.8 Å². The maximum atomic E-state index is 12.7. The molecule has 2 heterocycles. The van der Waals surface area contributed by atoms with Gasteiger partial charge in [-0.15, -0.1) is 13.2 Å². The zero-order chi connectivity index (χ0) is 28.6. The number of hydrogen-bond acceptors (Lipinski definition) is 9. The fraction of sp³-hybridized carbons (Fsp3) is 0.375. The summed E-state index contributed by atoms with van der Waals surface area (Å²) in [7, 11) is -2.48. The third-order valence-corrected chi connectivity index (χ3v) is 6.80. The third-order valence-electron chi connectivity index (χ3n) is 5.25. The van der Waals surface area contributed by atoms with Crippen LogP contribution in [0.3, 0.4) is 0 Å². The fourth-order valence-electron chi connectivity index (χ4n) is 3.42. The number of aromatic nitrogens is 2. The van der Waals surface area contributed by atoms with Gasteiger partial charge in [0.2, 0.25) is 10.0 Å². The van der Waals surface area contributed by atoms with Crippen LogP contribution in [0, 0.1) is 6.92 Å². The zero-order valence-electron chi connectivity index (χ0n) is 21.0. The van der Waals surface area contributed by atoms with Gasteiger partial charge in [-0.2, -0.15) is 4.98 Å². The van der Waals surface area contributed by atoms with E-state index >= 15 is 0 Å². The molecule has 15 heteroatoms. The van der Waals surface area contributed by atoms with E-state index in [9.17, 15) is 26.4 Å². The first-order valence-corrected chi connectivity index (χ1v) is 13.6. The van der Waals surface area contributed by atoms with Crippen molar-refractivity contribution in [3.63, 3.8) is 0 Å². The molecule has 3 aromatic rings. The van der Waals surface area contributed by atoms with Crippen molar-refractivity contribution < 1.29 is 40.3 Å². The second-order valence-corrected chi connectivity index (χ2v) is 10.6. The van der Waals surface area contributed by atoms with Gasteiger partial charge in [0.05, 0.1) is 23.0 Å². The lowest BCUT2D eigenvalue weighted by atomic mass is 10.1. The van der Waals surface area contributed by atoms with Crippen LogP contribution in [0.15, 0.2) is 47.0 Å². The van der Waals surface area contributed by atoms with Crippen LogP contribution in [0.5, 0.6) is 5.75 Å². The molecule has 212 valence electrons. The molecule has 10 nitrogen and oxygen atoms in total. The van der Waals surface area contributed by atoms with Gasteiger partial charge < -0.3 is 18.8 Å². The topological polar surface area (TPSA) is 124 Å². The molecule has 3 rings (SSSR count).